The lowest BCUT2D eigenvalue weighted by molar-refractivity contribution is 0.00214. The molecule has 1 fully saturated rings. The maximum Gasteiger partial charge on any atom is 0.143 e. The molecule has 1 aliphatic heterocycles. The summed E-state index contributed by atoms with van der Waals surface area (Å²) in [6, 6.07) is 6.42. The van der Waals surface area contributed by atoms with Gasteiger partial charge >= 0.3 is 0 Å². The molecule has 1 aromatic carbocycles. The number of benzene rings is 1. The second-order valence-corrected chi connectivity index (χ2v) is 4.84. The van der Waals surface area contributed by atoms with E-state index in [1.165, 1.54) is 12.1 Å². The van der Waals surface area contributed by atoms with Crippen molar-refractivity contribution in [2.45, 2.75) is 32.0 Å². The molecule has 1 aliphatic rings. The number of hydrogen-bond acceptors (Lipinski definition) is 2. The third-order valence-corrected chi connectivity index (χ3v) is 2.69. The van der Waals surface area contributed by atoms with E-state index in [1.54, 1.807) is 12.1 Å². The van der Waals surface area contributed by atoms with Crippen LogP contribution >= 0.6 is 0 Å². The second kappa shape index (κ2) is 3.29. The Morgan fingerprint density at radius 3 is 2.27 bits per heavy atom. The minimum atomic E-state index is -0.503. The molecule has 82 valence electrons. The topological polar surface area (TPSA) is 21.3 Å². The third-order valence-electron chi connectivity index (χ3n) is 2.69. The van der Waals surface area contributed by atoms with Crippen molar-refractivity contribution in [1.29, 1.82) is 0 Å². The van der Waals surface area contributed by atoms with Crippen LogP contribution in [0.3, 0.4) is 0 Å². The van der Waals surface area contributed by atoms with Crippen LogP contribution in [-0.4, -0.2) is 12.1 Å². The van der Waals surface area contributed by atoms with Gasteiger partial charge in [0.1, 0.15) is 11.5 Å². The smallest absolute Gasteiger partial charge is 0.143 e. The van der Waals surface area contributed by atoms with E-state index in [9.17, 15) is 4.39 Å². The van der Waals surface area contributed by atoms with Crippen LogP contribution in [0.1, 0.15) is 26.3 Å². The molecular formula is C12H16FNO. The Kier molecular flexibility index (Phi) is 2.32. The number of halogens is 1. The van der Waals surface area contributed by atoms with Gasteiger partial charge in [0.25, 0.3) is 0 Å². The molecule has 2 nitrogen and oxygen atoms in total. The normalized spacial score (nSPS) is 29.3. The molecule has 1 N–H and O–H groups in total. The van der Waals surface area contributed by atoms with Crippen LogP contribution in [0.5, 0.6) is 0 Å². The molecule has 0 radical (unpaired) electrons. The molecule has 15 heavy (non-hydrogen) atoms. The van der Waals surface area contributed by atoms with E-state index >= 15 is 0 Å². The summed E-state index contributed by atoms with van der Waals surface area (Å²) in [4.78, 5) is 0. The highest BCUT2D eigenvalue weighted by Gasteiger charge is 2.41. The first kappa shape index (κ1) is 10.6. The molecule has 3 heteroatoms. The fourth-order valence-corrected chi connectivity index (χ4v) is 1.97. The van der Waals surface area contributed by atoms with Gasteiger partial charge < -0.3 is 4.74 Å². The number of ether oxygens (including phenoxy) is 1. The first-order chi connectivity index (χ1) is 6.91. The highest BCUT2D eigenvalue weighted by molar-refractivity contribution is 5.23. The van der Waals surface area contributed by atoms with Crippen LogP contribution in [0.15, 0.2) is 24.3 Å². The van der Waals surface area contributed by atoms with Crippen LogP contribution in [0.2, 0.25) is 0 Å². The van der Waals surface area contributed by atoms with Crippen molar-refractivity contribution in [3.63, 3.8) is 0 Å². The Morgan fingerprint density at radius 1 is 1.20 bits per heavy atom. The van der Waals surface area contributed by atoms with Gasteiger partial charge in [-0.25, -0.2) is 4.39 Å². The Labute approximate surface area is 89.4 Å². The summed E-state index contributed by atoms with van der Waals surface area (Å²) in [5.74, 6) is -0.223. The quantitative estimate of drug-likeness (QED) is 0.766. The molecule has 0 bridgehead atoms. The van der Waals surface area contributed by atoms with Gasteiger partial charge in [0.05, 0.1) is 6.61 Å². The van der Waals surface area contributed by atoms with Gasteiger partial charge in [-0.15, -0.1) is 0 Å². The molecule has 1 atom stereocenters. The average Bonchev–Trinajstić information content (AvgIpc) is 2.43. The van der Waals surface area contributed by atoms with Crippen LogP contribution in [0.25, 0.3) is 0 Å². The molecule has 0 aromatic heterocycles. The molecule has 0 spiro atoms. The van der Waals surface area contributed by atoms with Crippen LogP contribution in [0, 0.1) is 5.82 Å². The summed E-state index contributed by atoms with van der Waals surface area (Å²) >= 11 is 0. The van der Waals surface area contributed by atoms with Gasteiger partial charge in [-0.1, -0.05) is 12.1 Å². The van der Waals surface area contributed by atoms with Crippen molar-refractivity contribution >= 4 is 0 Å². The lowest BCUT2D eigenvalue weighted by Crippen LogP contribution is -2.44. The van der Waals surface area contributed by atoms with Crippen molar-refractivity contribution in [3.05, 3.63) is 35.6 Å². The van der Waals surface area contributed by atoms with E-state index < -0.39 is 5.72 Å². The summed E-state index contributed by atoms with van der Waals surface area (Å²) in [7, 11) is 0. The summed E-state index contributed by atoms with van der Waals surface area (Å²) in [5, 5.41) is 3.40. The molecule has 1 unspecified atom stereocenters. The van der Waals surface area contributed by atoms with Gasteiger partial charge in [-0.05, 0) is 38.5 Å². The van der Waals surface area contributed by atoms with Crippen molar-refractivity contribution in [2.24, 2.45) is 0 Å². The Hall–Kier alpha value is -0.930. The summed E-state index contributed by atoms with van der Waals surface area (Å²) in [6.45, 7) is 6.79. The molecule has 0 saturated carbocycles. The lowest BCUT2D eigenvalue weighted by atomic mass is 10.0. The molecule has 0 aliphatic carbocycles. The van der Waals surface area contributed by atoms with Crippen LogP contribution in [-0.2, 0) is 10.5 Å². The van der Waals surface area contributed by atoms with E-state index in [0.717, 1.165) is 5.56 Å². The molecule has 1 aromatic rings. The zero-order chi connectivity index (χ0) is 11.1. The molecular weight excluding hydrogens is 193 g/mol. The largest absolute Gasteiger partial charge is 0.355 e. The highest BCUT2D eigenvalue weighted by Crippen LogP contribution is 2.31. The van der Waals surface area contributed by atoms with E-state index in [-0.39, 0.29) is 11.4 Å². The minimum Gasteiger partial charge on any atom is -0.355 e. The fourth-order valence-electron chi connectivity index (χ4n) is 1.97. The summed E-state index contributed by atoms with van der Waals surface area (Å²) in [5.41, 5.74) is 0.412. The van der Waals surface area contributed by atoms with Gasteiger partial charge in [-0.2, -0.15) is 0 Å². The van der Waals surface area contributed by atoms with Crippen LogP contribution < -0.4 is 5.32 Å². The molecule has 2 rings (SSSR count). The SMILES string of the molecule is CC1(C)COC(C)(c2ccc(F)cc2)N1. The van der Waals surface area contributed by atoms with Crippen molar-refractivity contribution in [1.82, 2.24) is 5.32 Å². The number of rotatable bonds is 1. The molecule has 0 amide bonds. The van der Waals surface area contributed by atoms with Crippen molar-refractivity contribution in [3.8, 4) is 0 Å². The number of hydrogen-bond donors (Lipinski definition) is 1. The average molecular weight is 209 g/mol. The zero-order valence-corrected chi connectivity index (χ0v) is 9.30. The molecule has 1 saturated heterocycles. The monoisotopic (exact) mass is 209 g/mol. The summed E-state index contributed by atoms with van der Waals surface area (Å²) in [6.07, 6.45) is 0. The lowest BCUT2D eigenvalue weighted by Gasteiger charge is -2.27. The van der Waals surface area contributed by atoms with E-state index in [1.807, 2.05) is 6.92 Å². The van der Waals surface area contributed by atoms with Gasteiger partial charge in [0.2, 0.25) is 0 Å². The second-order valence-electron chi connectivity index (χ2n) is 4.84. The maximum absolute atomic E-state index is 12.8. The van der Waals surface area contributed by atoms with E-state index in [4.69, 9.17) is 4.74 Å². The number of nitrogens with one attached hydrogen (secondary N) is 1. The maximum atomic E-state index is 12.8. The first-order valence-corrected chi connectivity index (χ1v) is 5.11. The van der Waals surface area contributed by atoms with Crippen LogP contribution in [0.4, 0.5) is 4.39 Å². The molecule has 1 heterocycles. The first-order valence-electron chi connectivity index (χ1n) is 5.11. The zero-order valence-electron chi connectivity index (χ0n) is 9.30. The van der Waals surface area contributed by atoms with E-state index in [2.05, 4.69) is 19.2 Å². The van der Waals surface area contributed by atoms with Gasteiger partial charge in [-0.3, -0.25) is 5.32 Å². The Balaban J connectivity index is 2.27. The third kappa shape index (κ3) is 2.03. The van der Waals surface area contributed by atoms with Gasteiger partial charge in [0.15, 0.2) is 0 Å². The Morgan fingerprint density at radius 2 is 1.80 bits per heavy atom. The minimum absolute atomic E-state index is 0.0386. The predicted molar refractivity (Wildman–Crippen MR) is 56.9 cm³/mol. The fraction of sp³-hybridized carbons (Fsp3) is 0.500. The van der Waals surface area contributed by atoms with Gasteiger partial charge in [0, 0.05) is 5.54 Å². The predicted octanol–water partition coefficient (Wildman–Crippen LogP) is 2.40. The van der Waals surface area contributed by atoms with Crippen molar-refractivity contribution < 1.29 is 9.13 Å². The standard InChI is InChI=1S/C12H16FNO/c1-11(2)8-15-12(3,14-11)9-4-6-10(13)7-5-9/h4-7,14H,8H2,1-3H3. The Bertz CT molecular complexity index is 360. The van der Waals surface area contributed by atoms with Crippen molar-refractivity contribution in [2.75, 3.05) is 6.61 Å². The van der Waals surface area contributed by atoms with E-state index in [0.29, 0.717) is 6.61 Å². The summed E-state index contributed by atoms with van der Waals surface area (Å²) < 4.78 is 18.5. The highest BCUT2D eigenvalue weighted by atomic mass is 19.1.